The largest absolute Gasteiger partial charge is 0.330 e. The summed E-state index contributed by atoms with van der Waals surface area (Å²) < 4.78 is 0. The maximum absolute atomic E-state index is 12.6. The molecule has 1 aliphatic rings. The number of aryl methyl sites for hydroxylation is 1. The summed E-state index contributed by atoms with van der Waals surface area (Å²) in [6.07, 6.45) is 2.04. The molecule has 2 aromatic rings. The van der Waals surface area contributed by atoms with Gasteiger partial charge < -0.3 is 4.90 Å². The van der Waals surface area contributed by atoms with Crippen molar-refractivity contribution < 1.29 is 4.79 Å². The van der Waals surface area contributed by atoms with E-state index in [0.29, 0.717) is 28.0 Å². The van der Waals surface area contributed by atoms with Gasteiger partial charge in [0.05, 0.1) is 15.7 Å². The van der Waals surface area contributed by atoms with Crippen molar-refractivity contribution in [1.82, 2.24) is 20.3 Å². The molecule has 3 rings (SSSR count). The molecular weight excluding hydrogens is 311 g/mol. The number of amides is 1. The number of hydrogen-bond donors (Lipinski definition) is 1. The fourth-order valence-corrected chi connectivity index (χ4v) is 2.53. The zero-order chi connectivity index (χ0) is 15.0. The van der Waals surface area contributed by atoms with Crippen LogP contribution in [0.25, 0.3) is 0 Å². The van der Waals surface area contributed by atoms with Gasteiger partial charge in [0.1, 0.15) is 0 Å². The first-order chi connectivity index (χ1) is 10.1. The van der Waals surface area contributed by atoms with E-state index < -0.39 is 0 Å². The fourth-order valence-electron chi connectivity index (χ4n) is 2.21. The number of H-pyrrole nitrogens is 1. The van der Waals surface area contributed by atoms with Gasteiger partial charge in [0.2, 0.25) is 0 Å². The van der Waals surface area contributed by atoms with Crippen LogP contribution in [0.5, 0.6) is 0 Å². The molecule has 21 heavy (non-hydrogen) atoms. The standard InChI is InChI=1S/C14H14Cl2N4O/c1-8-13(18-19-17-8)14(21)20(10-3-4-10)7-9-2-5-11(15)12(16)6-9/h2,5-6,10H,3-4,7H2,1H3,(H,17,18,19). The van der Waals surface area contributed by atoms with E-state index in [1.807, 2.05) is 11.0 Å². The molecule has 0 bridgehead atoms. The van der Waals surface area contributed by atoms with Gasteiger partial charge in [0, 0.05) is 12.6 Å². The lowest BCUT2D eigenvalue weighted by Crippen LogP contribution is -2.33. The minimum atomic E-state index is -0.102. The van der Waals surface area contributed by atoms with Crippen LogP contribution in [-0.4, -0.2) is 32.3 Å². The molecular formula is C14H14Cl2N4O. The predicted molar refractivity (Wildman–Crippen MR) is 80.5 cm³/mol. The summed E-state index contributed by atoms with van der Waals surface area (Å²) in [5, 5.41) is 11.4. The van der Waals surface area contributed by atoms with Gasteiger partial charge in [-0.25, -0.2) is 0 Å². The first kappa shape index (κ1) is 14.4. The van der Waals surface area contributed by atoms with Crippen molar-refractivity contribution in [1.29, 1.82) is 0 Å². The summed E-state index contributed by atoms with van der Waals surface area (Å²) >= 11 is 12.0. The monoisotopic (exact) mass is 324 g/mol. The van der Waals surface area contributed by atoms with E-state index in [9.17, 15) is 4.79 Å². The van der Waals surface area contributed by atoms with Crippen LogP contribution in [0.15, 0.2) is 18.2 Å². The van der Waals surface area contributed by atoms with Crippen LogP contribution >= 0.6 is 23.2 Å². The number of nitrogens with one attached hydrogen (secondary N) is 1. The van der Waals surface area contributed by atoms with Gasteiger partial charge in [0.15, 0.2) is 5.69 Å². The van der Waals surface area contributed by atoms with Crippen molar-refractivity contribution >= 4 is 29.1 Å². The van der Waals surface area contributed by atoms with Crippen LogP contribution in [0.3, 0.4) is 0 Å². The van der Waals surface area contributed by atoms with Crippen molar-refractivity contribution in [2.24, 2.45) is 0 Å². The third kappa shape index (κ3) is 3.04. The molecule has 1 N–H and O–H groups in total. The summed E-state index contributed by atoms with van der Waals surface area (Å²) in [6, 6.07) is 5.69. The van der Waals surface area contributed by atoms with E-state index in [2.05, 4.69) is 15.4 Å². The van der Waals surface area contributed by atoms with Crippen molar-refractivity contribution in [3.8, 4) is 0 Å². The maximum atomic E-state index is 12.6. The second-order valence-electron chi connectivity index (χ2n) is 5.17. The van der Waals surface area contributed by atoms with Crippen LogP contribution in [0.2, 0.25) is 10.0 Å². The Hall–Kier alpha value is -1.59. The number of carbonyl (C=O) groups is 1. The van der Waals surface area contributed by atoms with E-state index in [1.54, 1.807) is 19.1 Å². The van der Waals surface area contributed by atoms with Crippen LogP contribution in [0, 0.1) is 6.92 Å². The third-order valence-corrected chi connectivity index (χ3v) is 4.25. The maximum Gasteiger partial charge on any atom is 0.276 e. The van der Waals surface area contributed by atoms with Crippen LogP contribution in [-0.2, 0) is 6.54 Å². The van der Waals surface area contributed by atoms with E-state index in [1.165, 1.54) is 0 Å². The zero-order valence-corrected chi connectivity index (χ0v) is 12.9. The number of aromatic nitrogens is 3. The molecule has 7 heteroatoms. The number of halogens is 2. The molecule has 0 unspecified atom stereocenters. The van der Waals surface area contributed by atoms with Crippen LogP contribution in [0.4, 0.5) is 0 Å². The topological polar surface area (TPSA) is 61.9 Å². The fraction of sp³-hybridized carbons (Fsp3) is 0.357. The van der Waals surface area contributed by atoms with E-state index in [0.717, 1.165) is 18.4 Å². The van der Waals surface area contributed by atoms with Gasteiger partial charge in [-0.3, -0.25) is 4.79 Å². The van der Waals surface area contributed by atoms with Gasteiger partial charge in [-0.05, 0) is 37.5 Å². The second-order valence-corrected chi connectivity index (χ2v) is 5.98. The van der Waals surface area contributed by atoms with Crippen molar-refractivity contribution in [3.05, 3.63) is 45.2 Å². The van der Waals surface area contributed by atoms with E-state index >= 15 is 0 Å². The quantitative estimate of drug-likeness (QED) is 0.939. The highest BCUT2D eigenvalue weighted by Crippen LogP contribution is 2.31. The molecule has 1 fully saturated rings. The average Bonchev–Trinajstić information content (AvgIpc) is 3.21. The minimum absolute atomic E-state index is 0.102. The Morgan fingerprint density at radius 1 is 1.33 bits per heavy atom. The third-order valence-electron chi connectivity index (χ3n) is 3.51. The van der Waals surface area contributed by atoms with Crippen LogP contribution < -0.4 is 0 Å². The Kier molecular flexibility index (Phi) is 3.87. The molecule has 0 spiro atoms. The highest BCUT2D eigenvalue weighted by molar-refractivity contribution is 6.42. The van der Waals surface area contributed by atoms with Crippen molar-refractivity contribution in [2.75, 3.05) is 0 Å². The predicted octanol–water partition coefficient (Wildman–Crippen LogP) is 3.22. The second kappa shape index (κ2) is 5.66. The van der Waals surface area contributed by atoms with E-state index in [-0.39, 0.29) is 11.9 Å². The molecule has 0 aliphatic heterocycles. The Bertz CT molecular complexity index is 681. The number of benzene rings is 1. The number of carbonyl (C=O) groups excluding carboxylic acids is 1. The lowest BCUT2D eigenvalue weighted by Gasteiger charge is -2.22. The molecule has 1 aromatic heterocycles. The first-order valence-electron chi connectivity index (χ1n) is 6.68. The Balaban J connectivity index is 1.83. The number of aromatic amines is 1. The Morgan fingerprint density at radius 2 is 2.10 bits per heavy atom. The molecule has 1 aromatic carbocycles. The molecule has 0 radical (unpaired) electrons. The molecule has 1 saturated carbocycles. The Labute approximate surface area is 132 Å². The van der Waals surface area contributed by atoms with E-state index in [4.69, 9.17) is 23.2 Å². The lowest BCUT2D eigenvalue weighted by atomic mass is 10.2. The van der Waals surface area contributed by atoms with Crippen LogP contribution in [0.1, 0.15) is 34.6 Å². The highest BCUT2D eigenvalue weighted by Gasteiger charge is 2.34. The normalized spacial score (nSPS) is 14.2. The van der Waals surface area contributed by atoms with Gasteiger partial charge >= 0.3 is 0 Å². The zero-order valence-electron chi connectivity index (χ0n) is 11.4. The Morgan fingerprint density at radius 3 is 2.67 bits per heavy atom. The molecule has 110 valence electrons. The number of nitrogens with zero attached hydrogens (tertiary/aromatic N) is 3. The lowest BCUT2D eigenvalue weighted by molar-refractivity contribution is 0.0723. The molecule has 1 aliphatic carbocycles. The van der Waals surface area contributed by atoms with Gasteiger partial charge in [-0.15, -0.1) is 0 Å². The first-order valence-corrected chi connectivity index (χ1v) is 7.44. The summed E-state index contributed by atoms with van der Waals surface area (Å²) in [4.78, 5) is 14.4. The SMILES string of the molecule is Cc1n[nH]nc1C(=O)N(Cc1ccc(Cl)c(Cl)c1)C1CC1. The van der Waals surface area contributed by atoms with Gasteiger partial charge in [-0.2, -0.15) is 15.4 Å². The van der Waals surface area contributed by atoms with Gasteiger partial charge in [0.25, 0.3) is 5.91 Å². The summed E-state index contributed by atoms with van der Waals surface area (Å²) in [5.41, 5.74) is 1.94. The summed E-state index contributed by atoms with van der Waals surface area (Å²) in [7, 11) is 0. The van der Waals surface area contributed by atoms with Crippen molar-refractivity contribution in [3.63, 3.8) is 0 Å². The molecule has 1 heterocycles. The smallest absolute Gasteiger partial charge is 0.276 e. The molecule has 0 saturated heterocycles. The van der Waals surface area contributed by atoms with Crippen molar-refractivity contribution in [2.45, 2.75) is 32.4 Å². The molecule has 1 amide bonds. The summed E-state index contributed by atoms with van der Waals surface area (Å²) in [6.45, 7) is 2.26. The highest BCUT2D eigenvalue weighted by atomic mass is 35.5. The summed E-state index contributed by atoms with van der Waals surface area (Å²) in [5.74, 6) is -0.102. The minimum Gasteiger partial charge on any atom is -0.330 e. The number of rotatable bonds is 4. The van der Waals surface area contributed by atoms with Gasteiger partial charge in [-0.1, -0.05) is 29.3 Å². The average molecular weight is 325 g/mol. The molecule has 0 atom stereocenters. The number of hydrogen-bond acceptors (Lipinski definition) is 3. The molecule has 5 nitrogen and oxygen atoms in total.